The van der Waals surface area contributed by atoms with Gasteiger partial charge in [0, 0.05) is 39.2 Å². The number of furan rings is 1. The Hall–Kier alpha value is -6.98. The second kappa shape index (κ2) is 15.6. The SMILES string of the molecule is CC(C)(C)c1cc(-c2cccc3c2nc(-c2cc(C(C)(C)C)cc(C(C)(C)C)c2O)n3-c2ccc(C(C)(C)C)cc2-c2ccccc2)cc(-c2nccc3oc4c5ccccc5ccc4c23)c1. The van der Waals surface area contributed by atoms with Gasteiger partial charge in [-0.05, 0) is 103 Å². The van der Waals surface area contributed by atoms with Crippen molar-refractivity contribution in [3.8, 4) is 56.3 Å². The van der Waals surface area contributed by atoms with Crippen LogP contribution in [-0.4, -0.2) is 19.6 Å². The minimum atomic E-state index is -0.334. The van der Waals surface area contributed by atoms with Gasteiger partial charge in [0.2, 0.25) is 0 Å². The number of benzene rings is 7. The van der Waals surface area contributed by atoms with E-state index in [0.29, 0.717) is 11.4 Å². The maximum absolute atomic E-state index is 12.6. The molecule has 1 N–H and O–H groups in total. The van der Waals surface area contributed by atoms with Crippen molar-refractivity contribution in [3.05, 3.63) is 168 Å². The monoisotopic (exact) mass is 879 g/mol. The number of hydrogen-bond acceptors (Lipinski definition) is 4. The van der Waals surface area contributed by atoms with Gasteiger partial charge < -0.3 is 9.52 Å². The van der Waals surface area contributed by atoms with Gasteiger partial charge >= 0.3 is 0 Å². The van der Waals surface area contributed by atoms with E-state index in [1.54, 1.807) is 0 Å². The maximum atomic E-state index is 12.6. The average Bonchev–Trinajstić information content (AvgIpc) is 3.87. The molecule has 3 heterocycles. The fourth-order valence-corrected chi connectivity index (χ4v) is 9.63. The molecule has 5 nitrogen and oxygen atoms in total. The van der Waals surface area contributed by atoms with Crippen LogP contribution in [0.2, 0.25) is 0 Å². The van der Waals surface area contributed by atoms with E-state index in [4.69, 9.17) is 14.4 Å². The van der Waals surface area contributed by atoms with E-state index >= 15 is 0 Å². The second-order valence-electron chi connectivity index (χ2n) is 22.6. The number of rotatable bonds is 5. The summed E-state index contributed by atoms with van der Waals surface area (Å²) in [7, 11) is 0. The van der Waals surface area contributed by atoms with Gasteiger partial charge in [0.15, 0.2) is 0 Å². The molecule has 0 aliphatic heterocycles. The van der Waals surface area contributed by atoms with Crippen molar-refractivity contribution in [1.82, 2.24) is 14.5 Å². The summed E-state index contributed by atoms with van der Waals surface area (Å²) in [6, 6.07) is 49.9. The van der Waals surface area contributed by atoms with Crippen molar-refractivity contribution < 1.29 is 9.52 Å². The van der Waals surface area contributed by atoms with Crippen LogP contribution in [0.5, 0.6) is 5.75 Å². The molecule has 7 aromatic carbocycles. The normalized spacial score (nSPS) is 12.8. The van der Waals surface area contributed by atoms with Gasteiger partial charge in [-0.2, -0.15) is 0 Å². The summed E-state index contributed by atoms with van der Waals surface area (Å²) in [5.74, 6) is 0.940. The van der Waals surface area contributed by atoms with Crippen LogP contribution >= 0.6 is 0 Å². The minimum absolute atomic E-state index is 0.0819. The van der Waals surface area contributed by atoms with Crippen LogP contribution in [0.4, 0.5) is 0 Å². The molecular formula is C62H61N3O2. The van der Waals surface area contributed by atoms with Gasteiger partial charge in [-0.1, -0.05) is 174 Å². The third-order valence-electron chi connectivity index (χ3n) is 13.6. The van der Waals surface area contributed by atoms with Crippen LogP contribution in [0.1, 0.15) is 105 Å². The lowest BCUT2D eigenvalue weighted by molar-refractivity contribution is 0.446. The maximum Gasteiger partial charge on any atom is 0.149 e. The summed E-state index contributed by atoms with van der Waals surface area (Å²) >= 11 is 0. The van der Waals surface area contributed by atoms with E-state index in [-0.39, 0.29) is 27.4 Å². The topological polar surface area (TPSA) is 64.1 Å². The molecule has 67 heavy (non-hydrogen) atoms. The molecule has 0 fully saturated rings. The van der Waals surface area contributed by atoms with Gasteiger partial charge in [-0.3, -0.25) is 9.55 Å². The van der Waals surface area contributed by atoms with Crippen molar-refractivity contribution in [2.24, 2.45) is 0 Å². The summed E-state index contributed by atoms with van der Waals surface area (Å²) in [4.78, 5) is 10.8. The van der Waals surface area contributed by atoms with Gasteiger partial charge in [0.05, 0.1) is 33.4 Å². The van der Waals surface area contributed by atoms with Crippen molar-refractivity contribution in [3.63, 3.8) is 0 Å². The van der Waals surface area contributed by atoms with Gasteiger partial charge in [-0.15, -0.1) is 0 Å². The molecule has 0 bridgehead atoms. The lowest BCUT2D eigenvalue weighted by Gasteiger charge is -2.28. The molecule has 0 saturated carbocycles. The highest BCUT2D eigenvalue weighted by molar-refractivity contribution is 6.18. The zero-order chi connectivity index (χ0) is 47.4. The highest BCUT2D eigenvalue weighted by Crippen LogP contribution is 2.47. The Morgan fingerprint density at radius 3 is 1.90 bits per heavy atom. The average molecular weight is 880 g/mol. The Morgan fingerprint density at radius 2 is 1.18 bits per heavy atom. The summed E-state index contributed by atoms with van der Waals surface area (Å²) in [6.07, 6.45) is 1.86. The van der Waals surface area contributed by atoms with E-state index in [1.807, 2.05) is 12.3 Å². The molecule has 10 aromatic rings. The summed E-state index contributed by atoms with van der Waals surface area (Å²) in [5.41, 5.74) is 15.0. The molecule has 0 aliphatic carbocycles. The first-order valence-corrected chi connectivity index (χ1v) is 23.6. The fraction of sp³-hybridized carbons (Fsp3) is 0.258. The number of imidazole rings is 1. The molecule has 0 aliphatic rings. The molecule has 336 valence electrons. The second-order valence-corrected chi connectivity index (χ2v) is 22.6. The lowest BCUT2D eigenvalue weighted by atomic mass is 9.79. The first-order chi connectivity index (χ1) is 31.7. The number of phenols is 1. The van der Waals surface area contributed by atoms with Crippen molar-refractivity contribution in [2.45, 2.75) is 105 Å². The van der Waals surface area contributed by atoms with Gasteiger partial charge in [0.25, 0.3) is 0 Å². The number of hydrogen-bond donors (Lipinski definition) is 1. The number of nitrogens with zero attached hydrogens (tertiary/aromatic N) is 3. The summed E-state index contributed by atoms with van der Waals surface area (Å²) < 4.78 is 8.95. The van der Waals surface area contributed by atoms with E-state index < -0.39 is 0 Å². The van der Waals surface area contributed by atoms with E-state index in [9.17, 15) is 5.11 Å². The van der Waals surface area contributed by atoms with Crippen molar-refractivity contribution in [1.29, 1.82) is 0 Å². The molecule has 0 radical (unpaired) electrons. The van der Waals surface area contributed by atoms with Crippen LogP contribution in [0, 0.1) is 0 Å². The lowest BCUT2D eigenvalue weighted by Crippen LogP contribution is -2.17. The molecule has 0 unspecified atom stereocenters. The van der Waals surface area contributed by atoms with Crippen LogP contribution in [0.3, 0.4) is 0 Å². The zero-order valence-corrected chi connectivity index (χ0v) is 41.1. The first-order valence-electron chi connectivity index (χ1n) is 23.6. The standard InChI is InChI=1S/C62H61N3O2/c1-59(2,3)41-26-28-50(47(34-41)37-19-14-13-15-20-37)65-51-24-18-23-44(55(51)64-58(65)48-35-43(61(7,8)9)36-49(56(48)66)62(10,11)12)39-31-40(33-42(32-39)60(4,5)6)54-53-46-27-25-38-21-16-17-22-45(38)57(46)67-52(53)29-30-63-54/h13-36,66H,1-12H3. The third kappa shape index (κ3) is 7.68. The summed E-state index contributed by atoms with van der Waals surface area (Å²) in [5, 5.41) is 16.9. The number of pyridine rings is 1. The minimum Gasteiger partial charge on any atom is -0.507 e. The fourth-order valence-electron chi connectivity index (χ4n) is 9.63. The molecule has 3 aromatic heterocycles. The quantitative estimate of drug-likeness (QED) is 0.187. The number of para-hydroxylation sites is 1. The molecule has 10 rings (SSSR count). The van der Waals surface area contributed by atoms with E-state index in [2.05, 4.69) is 221 Å². The Balaban J connectivity index is 1.30. The smallest absolute Gasteiger partial charge is 0.149 e. The third-order valence-corrected chi connectivity index (χ3v) is 13.6. The number of fused-ring (bicyclic) bond motifs is 6. The van der Waals surface area contributed by atoms with Gasteiger partial charge in [0.1, 0.15) is 22.7 Å². The molecular weight excluding hydrogens is 819 g/mol. The predicted octanol–water partition coefficient (Wildman–Crippen LogP) is 17.0. The first kappa shape index (κ1) is 43.9. The highest BCUT2D eigenvalue weighted by Gasteiger charge is 2.30. The number of aromatic hydroxyl groups is 1. The van der Waals surface area contributed by atoms with E-state index in [0.717, 1.165) is 94.1 Å². The summed E-state index contributed by atoms with van der Waals surface area (Å²) in [6.45, 7) is 26.8. The largest absolute Gasteiger partial charge is 0.507 e. The van der Waals surface area contributed by atoms with Crippen LogP contribution < -0.4 is 0 Å². The molecule has 0 amide bonds. The zero-order valence-electron chi connectivity index (χ0n) is 41.1. The Morgan fingerprint density at radius 1 is 0.507 bits per heavy atom. The molecule has 0 spiro atoms. The van der Waals surface area contributed by atoms with Crippen molar-refractivity contribution in [2.75, 3.05) is 0 Å². The van der Waals surface area contributed by atoms with Crippen molar-refractivity contribution >= 4 is 43.7 Å². The van der Waals surface area contributed by atoms with Crippen LogP contribution in [0.25, 0.3) is 94.3 Å². The Labute approximate surface area is 395 Å². The molecule has 5 heteroatoms. The highest BCUT2D eigenvalue weighted by atomic mass is 16.3. The number of phenolic OH excluding ortho intramolecular Hbond substituents is 1. The van der Waals surface area contributed by atoms with Gasteiger partial charge in [-0.25, -0.2) is 4.98 Å². The van der Waals surface area contributed by atoms with Crippen LogP contribution in [0.15, 0.2) is 150 Å². The number of aromatic nitrogens is 3. The Bertz CT molecular complexity index is 3560. The Kier molecular flexibility index (Phi) is 10.2. The van der Waals surface area contributed by atoms with E-state index in [1.165, 1.54) is 11.1 Å². The van der Waals surface area contributed by atoms with Crippen LogP contribution in [-0.2, 0) is 21.7 Å². The molecule has 0 atom stereocenters. The predicted molar refractivity (Wildman–Crippen MR) is 282 cm³/mol. The molecule has 0 saturated heterocycles.